The van der Waals surface area contributed by atoms with E-state index < -0.39 is 41.7 Å². The van der Waals surface area contributed by atoms with Crippen LogP contribution < -0.4 is 32.8 Å². The normalized spacial score (nSPS) is 13.0. The molecule has 0 aliphatic carbocycles. The molecule has 0 saturated carbocycles. The molecule has 0 fully saturated rings. The fourth-order valence-corrected chi connectivity index (χ4v) is 7.92. The minimum absolute atomic E-state index is 0.00687. The molecule has 0 saturated heterocycles. The molecule has 0 aliphatic heterocycles. The zero-order valence-electron chi connectivity index (χ0n) is 36.3. The lowest BCUT2D eigenvalue weighted by Crippen LogP contribution is -2.78. The van der Waals surface area contributed by atoms with Crippen molar-refractivity contribution in [2.45, 2.75) is 83.4 Å². The van der Waals surface area contributed by atoms with Crippen molar-refractivity contribution in [1.82, 2.24) is 10.6 Å². The zero-order chi connectivity index (χ0) is 45.1. The molecule has 10 N–H and O–H groups in total. The molecular formula is C51H62N6O6+2. The van der Waals surface area contributed by atoms with Crippen molar-refractivity contribution in [2.75, 3.05) is 13.1 Å². The van der Waals surface area contributed by atoms with Crippen LogP contribution in [0.4, 0.5) is 0 Å². The lowest BCUT2D eigenvalue weighted by atomic mass is 9.89. The predicted octanol–water partition coefficient (Wildman–Crippen LogP) is 4.21. The Bertz CT molecular complexity index is 2380. The molecule has 0 aromatic heterocycles. The van der Waals surface area contributed by atoms with E-state index in [4.69, 9.17) is 16.2 Å². The third-order valence-electron chi connectivity index (χ3n) is 11.2. The van der Waals surface area contributed by atoms with Crippen LogP contribution >= 0.6 is 0 Å². The molecule has 2 amide bonds. The average Bonchev–Trinajstić information content (AvgIpc) is 3.28. The summed E-state index contributed by atoms with van der Waals surface area (Å²) in [5, 5.41) is 10.4. The van der Waals surface area contributed by atoms with E-state index in [0.29, 0.717) is 32.4 Å². The lowest BCUT2D eigenvalue weighted by Gasteiger charge is -2.25. The number of fused-ring (bicyclic) bond motifs is 3. The number of esters is 1. The van der Waals surface area contributed by atoms with Crippen molar-refractivity contribution in [3.8, 4) is 11.1 Å². The maximum absolute atomic E-state index is 14.2. The van der Waals surface area contributed by atoms with Crippen molar-refractivity contribution in [3.05, 3.63) is 133 Å². The highest BCUT2D eigenvalue weighted by molar-refractivity contribution is 6.13. The summed E-state index contributed by atoms with van der Waals surface area (Å²) in [5.74, 6) is -3.58. The van der Waals surface area contributed by atoms with Gasteiger partial charge in [-0.3, -0.25) is 30.8 Å². The number of carbonyl (C=O) groups excluding carboxylic acids is 5. The summed E-state index contributed by atoms with van der Waals surface area (Å²) in [5.41, 5.74) is 18.9. The van der Waals surface area contributed by atoms with Crippen LogP contribution in [0.2, 0.25) is 0 Å². The summed E-state index contributed by atoms with van der Waals surface area (Å²) in [6.45, 7) is 6.23. The van der Waals surface area contributed by atoms with Crippen LogP contribution in [0.5, 0.6) is 0 Å². The smallest absolute Gasteiger partial charge is 0.338 e. The predicted molar refractivity (Wildman–Crippen MR) is 247 cm³/mol. The molecular weight excluding hydrogens is 793 g/mol. The van der Waals surface area contributed by atoms with Crippen LogP contribution in [-0.2, 0) is 41.7 Å². The third-order valence-corrected chi connectivity index (χ3v) is 11.2. The monoisotopic (exact) mass is 854 g/mol. The average molecular weight is 855 g/mol. The van der Waals surface area contributed by atoms with Crippen LogP contribution in [-0.4, -0.2) is 60.5 Å². The maximum Gasteiger partial charge on any atom is 0.338 e. The van der Waals surface area contributed by atoms with Crippen molar-refractivity contribution in [1.29, 1.82) is 0 Å². The molecule has 12 nitrogen and oxygen atoms in total. The van der Waals surface area contributed by atoms with Crippen LogP contribution in [0, 0.1) is 11.8 Å². The van der Waals surface area contributed by atoms with Crippen molar-refractivity contribution in [3.63, 3.8) is 0 Å². The largest absolute Gasteiger partial charge is 0.459 e. The zero-order valence-corrected chi connectivity index (χ0v) is 36.3. The van der Waals surface area contributed by atoms with E-state index in [2.05, 4.69) is 58.3 Å². The molecule has 0 aliphatic rings. The number of ether oxygens (including phenoxy) is 1. The van der Waals surface area contributed by atoms with Gasteiger partial charge in [0.05, 0.1) is 19.1 Å². The number of Topliss-reactive ketones (excluding diaryl/α,β-unsaturated/α-hetero) is 2. The van der Waals surface area contributed by atoms with Gasteiger partial charge in [-0.25, -0.2) is 4.79 Å². The van der Waals surface area contributed by atoms with Gasteiger partial charge in [0, 0.05) is 24.7 Å². The number of nitrogens with one attached hydrogen (secondary N) is 3. The maximum atomic E-state index is 14.2. The SMILES string of the molecule is C=CC[C@H](NC(=O)[C@@H](CCC[NH+]=C(N)N)CC(=O)[C@@H](CCCC[NH3+])NC(=O)[C@@H](CC(C)=O)Cc1ccc(-c2cc3ccccc3c3ccccc23)cc1)C(=O)OCc1ccccc1. The highest BCUT2D eigenvalue weighted by Crippen LogP contribution is 2.35. The number of ketones is 2. The Morgan fingerprint density at radius 2 is 1.38 bits per heavy atom. The minimum Gasteiger partial charge on any atom is -0.459 e. The number of hydrogen-bond donors (Lipinski definition) is 6. The van der Waals surface area contributed by atoms with E-state index in [9.17, 15) is 24.0 Å². The van der Waals surface area contributed by atoms with Gasteiger partial charge in [-0.1, -0.05) is 109 Å². The van der Waals surface area contributed by atoms with Crippen molar-refractivity contribution in [2.24, 2.45) is 23.3 Å². The lowest BCUT2D eigenvalue weighted by molar-refractivity contribution is -0.459. The van der Waals surface area contributed by atoms with Gasteiger partial charge >= 0.3 is 11.9 Å². The van der Waals surface area contributed by atoms with E-state index >= 15 is 0 Å². The molecule has 0 bridgehead atoms. The van der Waals surface area contributed by atoms with E-state index in [0.717, 1.165) is 39.4 Å². The van der Waals surface area contributed by atoms with Crippen LogP contribution in [0.15, 0.2) is 122 Å². The van der Waals surface area contributed by atoms with Crippen LogP contribution in [0.1, 0.15) is 69.4 Å². The molecule has 0 spiro atoms. The number of amides is 2. The first kappa shape index (κ1) is 47.4. The number of nitrogens with two attached hydrogens (primary N) is 2. The Hall–Kier alpha value is -6.66. The molecule has 5 aromatic carbocycles. The molecule has 12 heteroatoms. The number of hydrogen-bond acceptors (Lipinski definition) is 6. The van der Waals surface area contributed by atoms with Gasteiger partial charge in [-0.05, 0) is 102 Å². The minimum atomic E-state index is -1.02. The molecule has 5 aromatic rings. The molecule has 330 valence electrons. The van der Waals surface area contributed by atoms with E-state index in [1.807, 2.05) is 78.9 Å². The number of rotatable bonds is 25. The second-order valence-corrected chi connectivity index (χ2v) is 16.2. The second-order valence-electron chi connectivity index (χ2n) is 16.2. The molecule has 63 heavy (non-hydrogen) atoms. The van der Waals surface area contributed by atoms with Crippen molar-refractivity contribution >= 4 is 56.9 Å². The summed E-state index contributed by atoms with van der Waals surface area (Å²) in [6.07, 6.45) is 4.08. The van der Waals surface area contributed by atoms with Gasteiger partial charge in [0.1, 0.15) is 18.4 Å². The number of guanidine groups is 1. The standard InChI is InChI=1S/C51H60N6O6/c1-3-14-46(50(62)63-33-36-15-5-4-6-16-36)57-48(60)39(18-13-28-55-51(53)54)32-47(59)45(22-11-12-27-52)56-49(61)40(29-34(2)58)30-35-23-25-37(26-24-35)44-31-38-17-7-8-19-41(38)42-20-9-10-21-43(42)44/h3-10,15-17,19-21,23-26,31,39-40,45-46H,1,11-14,18,22,27-30,32-33,52H2,2H3,(H,56,61)(H,57,60)(H4,53,54,55)/p+2/t39-,40-,45+,46-/m0/s1. The van der Waals surface area contributed by atoms with E-state index in [-0.39, 0.29) is 56.2 Å². The quantitative estimate of drug-likeness (QED) is 0.0125. The highest BCUT2D eigenvalue weighted by atomic mass is 16.5. The molecule has 4 atom stereocenters. The fraction of sp³-hybridized carbons (Fsp3) is 0.333. The Balaban J connectivity index is 1.32. The summed E-state index contributed by atoms with van der Waals surface area (Å²) >= 11 is 0. The fourth-order valence-electron chi connectivity index (χ4n) is 7.92. The van der Waals surface area contributed by atoms with Gasteiger partial charge in [0.25, 0.3) is 0 Å². The Labute approximate surface area is 369 Å². The number of unbranched alkanes of at least 4 members (excludes halogenated alkanes) is 1. The number of carbonyl (C=O) groups is 5. The first-order chi connectivity index (χ1) is 30.5. The Kier molecular flexibility index (Phi) is 18.1. The summed E-state index contributed by atoms with van der Waals surface area (Å²) < 4.78 is 5.53. The van der Waals surface area contributed by atoms with E-state index in [1.165, 1.54) is 23.8 Å². The van der Waals surface area contributed by atoms with Gasteiger partial charge in [0.15, 0.2) is 5.78 Å². The highest BCUT2D eigenvalue weighted by Gasteiger charge is 2.32. The molecule has 0 radical (unpaired) electrons. The Morgan fingerprint density at radius 3 is 2.06 bits per heavy atom. The second kappa shape index (κ2) is 24.1. The number of quaternary nitrogens is 1. The third kappa shape index (κ3) is 14.2. The van der Waals surface area contributed by atoms with Gasteiger partial charge in [0.2, 0.25) is 11.8 Å². The summed E-state index contributed by atoms with van der Waals surface area (Å²) in [7, 11) is 0. The van der Waals surface area contributed by atoms with Crippen LogP contribution in [0.25, 0.3) is 32.7 Å². The number of benzene rings is 5. The van der Waals surface area contributed by atoms with Gasteiger partial charge in [-0.15, -0.1) is 6.58 Å². The first-order valence-corrected chi connectivity index (χ1v) is 21.8. The first-order valence-electron chi connectivity index (χ1n) is 21.8. The van der Waals surface area contributed by atoms with E-state index in [1.54, 1.807) is 0 Å². The molecule has 0 unspecified atom stereocenters. The van der Waals surface area contributed by atoms with Crippen LogP contribution in [0.3, 0.4) is 0 Å². The van der Waals surface area contributed by atoms with Gasteiger partial charge in [-0.2, -0.15) is 0 Å². The Morgan fingerprint density at radius 1 is 0.730 bits per heavy atom. The summed E-state index contributed by atoms with van der Waals surface area (Å²) in [6, 6.07) is 34.2. The van der Waals surface area contributed by atoms with Gasteiger partial charge < -0.3 is 25.9 Å². The van der Waals surface area contributed by atoms with Crippen molar-refractivity contribution < 1.29 is 39.4 Å². The molecule has 0 heterocycles. The summed E-state index contributed by atoms with van der Waals surface area (Å²) in [4.78, 5) is 70.9. The topological polar surface area (TPSA) is 212 Å². The molecule has 5 rings (SSSR count).